The molecular weight excluding hydrogens is 460 g/mol. The Bertz CT molecular complexity index is 1430. The quantitative estimate of drug-likeness (QED) is 0.314. The van der Waals surface area contributed by atoms with E-state index in [0.717, 1.165) is 11.1 Å². The third kappa shape index (κ3) is 5.08. The molecule has 0 saturated carbocycles. The molecule has 0 saturated heterocycles. The summed E-state index contributed by atoms with van der Waals surface area (Å²) in [5, 5.41) is 1.30. The number of pyridine rings is 1. The number of nitrogens with two attached hydrogens (primary N) is 1. The molecule has 4 aromatic rings. The summed E-state index contributed by atoms with van der Waals surface area (Å²) in [6, 6.07) is 14.1. The Balaban J connectivity index is 1.74. The van der Waals surface area contributed by atoms with Crippen LogP contribution in [-0.4, -0.2) is 29.9 Å². The summed E-state index contributed by atoms with van der Waals surface area (Å²) in [5.41, 5.74) is 9.88. The number of aromatic nitrogens is 2. The second kappa shape index (κ2) is 9.35. The first-order valence-corrected chi connectivity index (χ1v) is 12.4. The van der Waals surface area contributed by atoms with Gasteiger partial charge in [-0.3, -0.25) is 9.52 Å². The molecule has 9 heteroatoms. The average Bonchev–Trinajstić information content (AvgIpc) is 3.21. The van der Waals surface area contributed by atoms with Gasteiger partial charge in [0, 0.05) is 51.7 Å². The van der Waals surface area contributed by atoms with Crippen LogP contribution in [-0.2, 0) is 16.6 Å². The van der Waals surface area contributed by atoms with E-state index in [1.807, 2.05) is 18.2 Å². The zero-order valence-electron chi connectivity index (χ0n) is 17.9. The molecule has 0 amide bonds. The molecule has 170 valence electrons. The first kappa shape index (κ1) is 23.0. The van der Waals surface area contributed by atoms with Crippen LogP contribution in [0.5, 0.6) is 0 Å². The molecular formula is C24H23ClN4O3S. The summed E-state index contributed by atoms with van der Waals surface area (Å²) in [6.07, 6.45) is 3.82. The van der Waals surface area contributed by atoms with Crippen LogP contribution in [0.15, 0.2) is 60.9 Å². The summed E-state index contributed by atoms with van der Waals surface area (Å²) in [4.78, 5) is 20.9. The highest BCUT2D eigenvalue weighted by Gasteiger charge is 2.18. The topological polar surface area (TPSA) is 118 Å². The molecule has 0 aliphatic heterocycles. The van der Waals surface area contributed by atoms with Gasteiger partial charge >= 0.3 is 0 Å². The zero-order chi connectivity index (χ0) is 23.6. The van der Waals surface area contributed by atoms with Gasteiger partial charge in [-0.1, -0.05) is 30.7 Å². The molecule has 4 N–H and O–H groups in total. The second-order valence-corrected chi connectivity index (χ2v) is 9.98. The lowest BCUT2D eigenvalue weighted by Gasteiger charge is -2.11. The maximum absolute atomic E-state index is 13.4. The summed E-state index contributed by atoms with van der Waals surface area (Å²) in [5.74, 6) is -0.271. The van der Waals surface area contributed by atoms with Gasteiger partial charge in [0.2, 0.25) is 10.0 Å². The van der Waals surface area contributed by atoms with E-state index in [2.05, 4.69) is 14.7 Å². The van der Waals surface area contributed by atoms with Gasteiger partial charge in [-0.2, -0.15) is 0 Å². The van der Waals surface area contributed by atoms with E-state index in [1.165, 1.54) is 6.07 Å². The largest absolute Gasteiger partial charge is 0.345 e. The molecule has 0 radical (unpaired) electrons. The Morgan fingerprint density at radius 2 is 1.88 bits per heavy atom. The number of hydrogen-bond donors (Lipinski definition) is 3. The third-order valence-corrected chi connectivity index (χ3v) is 6.93. The van der Waals surface area contributed by atoms with E-state index < -0.39 is 10.0 Å². The van der Waals surface area contributed by atoms with E-state index in [1.54, 1.807) is 43.6 Å². The lowest BCUT2D eigenvalue weighted by molar-refractivity contribution is 0.104. The van der Waals surface area contributed by atoms with Crippen molar-refractivity contribution in [3.8, 4) is 11.1 Å². The van der Waals surface area contributed by atoms with Crippen molar-refractivity contribution in [1.82, 2.24) is 9.97 Å². The van der Waals surface area contributed by atoms with Gasteiger partial charge in [0.1, 0.15) is 5.65 Å². The summed E-state index contributed by atoms with van der Waals surface area (Å²) in [6.45, 7) is 1.95. The van der Waals surface area contributed by atoms with Crippen LogP contribution in [0.2, 0.25) is 5.02 Å². The first-order chi connectivity index (χ1) is 15.8. The number of hydrogen-bond acceptors (Lipinski definition) is 5. The van der Waals surface area contributed by atoms with Crippen molar-refractivity contribution in [2.45, 2.75) is 19.9 Å². The molecule has 33 heavy (non-hydrogen) atoms. The minimum Gasteiger partial charge on any atom is -0.345 e. The number of nitrogens with zero attached hydrogens (tertiary/aromatic N) is 1. The minimum atomic E-state index is -3.51. The SMILES string of the molecule is CCCS(=O)(=O)Nc1cc(CN)cc(C(=O)c2c[nH]c3ncc(-c4ccc(Cl)cc4)cc23)c1. The summed E-state index contributed by atoms with van der Waals surface area (Å²) in [7, 11) is -3.51. The van der Waals surface area contributed by atoms with Gasteiger partial charge < -0.3 is 10.7 Å². The molecule has 2 aromatic heterocycles. The standard InChI is InChI=1S/C24H23ClN4O3S/c1-2-7-33(31,32)29-20-9-15(12-26)8-17(10-20)23(30)22-14-28-24-21(22)11-18(13-27-24)16-3-5-19(25)6-4-16/h3-6,8-11,13-14,29H,2,7,12,26H2,1H3,(H,27,28). The highest BCUT2D eigenvalue weighted by molar-refractivity contribution is 7.92. The lowest BCUT2D eigenvalue weighted by Crippen LogP contribution is -2.17. The molecule has 0 fully saturated rings. The Hall–Kier alpha value is -3.20. The Morgan fingerprint density at radius 3 is 2.58 bits per heavy atom. The van der Waals surface area contributed by atoms with Crippen molar-refractivity contribution in [2.24, 2.45) is 5.73 Å². The fraction of sp³-hybridized carbons (Fsp3) is 0.167. The predicted octanol–water partition coefficient (Wildman–Crippen LogP) is 4.72. The van der Waals surface area contributed by atoms with Gasteiger partial charge in [-0.05, 0) is 53.9 Å². The monoisotopic (exact) mass is 482 g/mol. The summed E-state index contributed by atoms with van der Waals surface area (Å²) >= 11 is 5.99. The summed E-state index contributed by atoms with van der Waals surface area (Å²) < 4.78 is 27.0. The molecule has 4 rings (SSSR count). The molecule has 0 bridgehead atoms. The van der Waals surface area contributed by atoms with Gasteiger partial charge in [0.15, 0.2) is 5.78 Å². The number of ketones is 1. The van der Waals surface area contributed by atoms with Gasteiger partial charge in [0.05, 0.1) is 5.75 Å². The number of aromatic amines is 1. The van der Waals surface area contributed by atoms with Crippen molar-refractivity contribution in [2.75, 3.05) is 10.5 Å². The van der Waals surface area contributed by atoms with Crippen LogP contribution in [0.4, 0.5) is 5.69 Å². The highest BCUT2D eigenvalue weighted by Crippen LogP contribution is 2.28. The Labute approximate surface area is 197 Å². The number of benzene rings is 2. The number of rotatable bonds is 8. The van der Waals surface area contributed by atoms with Crippen LogP contribution >= 0.6 is 11.6 Å². The number of fused-ring (bicyclic) bond motifs is 1. The number of halogens is 1. The van der Waals surface area contributed by atoms with Crippen LogP contribution < -0.4 is 10.5 Å². The zero-order valence-corrected chi connectivity index (χ0v) is 19.5. The molecule has 7 nitrogen and oxygen atoms in total. The molecule has 2 heterocycles. The lowest BCUT2D eigenvalue weighted by atomic mass is 9.99. The van der Waals surface area contributed by atoms with Crippen LogP contribution in [0, 0.1) is 0 Å². The van der Waals surface area contributed by atoms with Crippen LogP contribution in [0.3, 0.4) is 0 Å². The maximum atomic E-state index is 13.4. The molecule has 0 aliphatic carbocycles. The van der Waals surface area contributed by atoms with Crippen molar-refractivity contribution < 1.29 is 13.2 Å². The smallest absolute Gasteiger partial charge is 0.232 e. The molecule has 0 unspecified atom stereocenters. The maximum Gasteiger partial charge on any atom is 0.232 e. The predicted molar refractivity (Wildman–Crippen MR) is 132 cm³/mol. The number of H-pyrrole nitrogens is 1. The van der Waals surface area contributed by atoms with Crippen LogP contribution in [0.25, 0.3) is 22.2 Å². The first-order valence-electron chi connectivity index (χ1n) is 10.4. The Kier molecular flexibility index (Phi) is 6.51. The average molecular weight is 483 g/mol. The van der Waals surface area contributed by atoms with E-state index in [9.17, 15) is 13.2 Å². The van der Waals surface area contributed by atoms with Crippen molar-refractivity contribution in [3.63, 3.8) is 0 Å². The van der Waals surface area contributed by atoms with Gasteiger partial charge in [0.25, 0.3) is 0 Å². The number of anilines is 1. The fourth-order valence-electron chi connectivity index (χ4n) is 3.65. The Morgan fingerprint density at radius 1 is 1.12 bits per heavy atom. The minimum absolute atomic E-state index is 0.00920. The molecule has 0 atom stereocenters. The number of carbonyl (C=O) groups is 1. The van der Waals surface area contributed by atoms with Crippen molar-refractivity contribution in [3.05, 3.63) is 82.6 Å². The van der Waals surface area contributed by atoms with Gasteiger partial charge in [-0.25, -0.2) is 13.4 Å². The van der Waals surface area contributed by atoms with E-state index in [-0.39, 0.29) is 18.1 Å². The number of carbonyl (C=O) groups excluding carboxylic acids is 1. The molecule has 2 aromatic carbocycles. The number of sulfonamides is 1. The van der Waals surface area contributed by atoms with Crippen molar-refractivity contribution in [1.29, 1.82) is 0 Å². The highest BCUT2D eigenvalue weighted by atomic mass is 35.5. The number of nitrogens with one attached hydrogen (secondary N) is 2. The fourth-order valence-corrected chi connectivity index (χ4v) is 4.89. The normalized spacial score (nSPS) is 11.6. The third-order valence-electron chi connectivity index (χ3n) is 5.19. The van der Waals surface area contributed by atoms with E-state index in [0.29, 0.717) is 44.9 Å². The second-order valence-electron chi connectivity index (χ2n) is 7.70. The van der Waals surface area contributed by atoms with E-state index >= 15 is 0 Å². The molecule has 0 spiro atoms. The van der Waals surface area contributed by atoms with Gasteiger partial charge in [-0.15, -0.1) is 0 Å². The van der Waals surface area contributed by atoms with Crippen molar-refractivity contribution >= 4 is 44.1 Å². The molecule has 0 aliphatic rings. The van der Waals surface area contributed by atoms with Crippen LogP contribution in [0.1, 0.15) is 34.8 Å². The van der Waals surface area contributed by atoms with E-state index in [4.69, 9.17) is 17.3 Å².